The largest absolute Gasteiger partial charge is 0.493 e. The Kier molecular flexibility index (Phi) is 4.84. The summed E-state index contributed by atoms with van der Waals surface area (Å²) >= 11 is 0. The summed E-state index contributed by atoms with van der Waals surface area (Å²) < 4.78 is 16.7. The van der Waals surface area contributed by atoms with Crippen molar-refractivity contribution < 1.29 is 14.2 Å². The maximum absolute atomic E-state index is 5.77. The van der Waals surface area contributed by atoms with Crippen LogP contribution in [0.4, 0.5) is 0 Å². The minimum absolute atomic E-state index is 0.228. The SMILES string of the molecule is CNCc1ccc(OCC2CCCO2)c(OC)c1. The molecule has 4 heteroatoms. The highest BCUT2D eigenvalue weighted by atomic mass is 16.5. The predicted octanol–water partition coefficient (Wildman–Crippen LogP) is 1.97. The molecule has 0 saturated carbocycles. The van der Waals surface area contributed by atoms with E-state index >= 15 is 0 Å². The first-order valence-electron chi connectivity index (χ1n) is 6.39. The molecular formula is C14H21NO3. The average molecular weight is 251 g/mol. The Labute approximate surface area is 108 Å². The van der Waals surface area contributed by atoms with Crippen LogP contribution in [0.2, 0.25) is 0 Å². The number of benzene rings is 1. The van der Waals surface area contributed by atoms with Gasteiger partial charge >= 0.3 is 0 Å². The molecule has 0 aliphatic carbocycles. The lowest BCUT2D eigenvalue weighted by Gasteiger charge is -2.14. The summed E-state index contributed by atoms with van der Waals surface area (Å²) in [5.41, 5.74) is 1.18. The van der Waals surface area contributed by atoms with E-state index in [1.807, 2.05) is 25.2 Å². The first kappa shape index (κ1) is 13.2. The van der Waals surface area contributed by atoms with Crippen LogP contribution in [0.25, 0.3) is 0 Å². The van der Waals surface area contributed by atoms with E-state index < -0.39 is 0 Å². The number of nitrogens with one attached hydrogen (secondary N) is 1. The second-order valence-electron chi connectivity index (χ2n) is 4.46. The van der Waals surface area contributed by atoms with E-state index in [1.165, 1.54) is 5.56 Å². The summed E-state index contributed by atoms with van der Waals surface area (Å²) in [7, 11) is 3.59. The molecule has 0 aromatic heterocycles. The van der Waals surface area contributed by atoms with Crippen LogP contribution in [-0.2, 0) is 11.3 Å². The lowest BCUT2D eigenvalue weighted by Crippen LogP contribution is -2.16. The quantitative estimate of drug-likeness (QED) is 0.839. The molecule has 1 fully saturated rings. The highest BCUT2D eigenvalue weighted by Crippen LogP contribution is 2.28. The molecule has 1 aliphatic heterocycles. The van der Waals surface area contributed by atoms with Crippen molar-refractivity contribution in [2.24, 2.45) is 0 Å². The van der Waals surface area contributed by atoms with Gasteiger partial charge in [0.25, 0.3) is 0 Å². The molecule has 1 aromatic carbocycles. The van der Waals surface area contributed by atoms with Crippen molar-refractivity contribution >= 4 is 0 Å². The molecule has 0 radical (unpaired) electrons. The van der Waals surface area contributed by atoms with Gasteiger partial charge in [-0.2, -0.15) is 0 Å². The van der Waals surface area contributed by atoms with Gasteiger partial charge in [0, 0.05) is 13.2 Å². The Bertz CT molecular complexity index is 375. The maximum Gasteiger partial charge on any atom is 0.161 e. The third-order valence-electron chi connectivity index (χ3n) is 3.06. The fourth-order valence-electron chi connectivity index (χ4n) is 2.10. The molecule has 1 unspecified atom stereocenters. The third-order valence-corrected chi connectivity index (χ3v) is 3.06. The van der Waals surface area contributed by atoms with Gasteiger partial charge in [-0.3, -0.25) is 0 Å². The second-order valence-corrected chi connectivity index (χ2v) is 4.46. The van der Waals surface area contributed by atoms with Gasteiger partial charge in [0.15, 0.2) is 11.5 Å². The lowest BCUT2D eigenvalue weighted by atomic mass is 10.2. The Morgan fingerprint density at radius 2 is 2.28 bits per heavy atom. The lowest BCUT2D eigenvalue weighted by molar-refractivity contribution is 0.0669. The van der Waals surface area contributed by atoms with Gasteiger partial charge in [-0.1, -0.05) is 6.07 Å². The Morgan fingerprint density at radius 3 is 2.94 bits per heavy atom. The van der Waals surface area contributed by atoms with Crippen LogP contribution >= 0.6 is 0 Å². The van der Waals surface area contributed by atoms with Crippen LogP contribution in [0, 0.1) is 0 Å². The molecule has 0 spiro atoms. The molecule has 1 aliphatic rings. The molecule has 1 heterocycles. The summed E-state index contributed by atoms with van der Waals surface area (Å²) in [5.74, 6) is 1.56. The second kappa shape index (κ2) is 6.61. The van der Waals surface area contributed by atoms with Crippen molar-refractivity contribution in [1.82, 2.24) is 5.32 Å². The number of hydrogen-bond donors (Lipinski definition) is 1. The number of rotatable bonds is 6. The number of hydrogen-bond acceptors (Lipinski definition) is 4. The van der Waals surface area contributed by atoms with Crippen LogP contribution in [0.3, 0.4) is 0 Å². The maximum atomic E-state index is 5.77. The molecule has 100 valence electrons. The zero-order chi connectivity index (χ0) is 12.8. The highest BCUT2D eigenvalue weighted by molar-refractivity contribution is 5.42. The topological polar surface area (TPSA) is 39.7 Å². The zero-order valence-corrected chi connectivity index (χ0v) is 11.1. The first-order chi connectivity index (χ1) is 8.83. The fourth-order valence-corrected chi connectivity index (χ4v) is 2.10. The smallest absolute Gasteiger partial charge is 0.161 e. The first-order valence-corrected chi connectivity index (χ1v) is 6.39. The number of ether oxygens (including phenoxy) is 3. The van der Waals surface area contributed by atoms with Crippen LogP contribution in [0.1, 0.15) is 18.4 Å². The van der Waals surface area contributed by atoms with E-state index in [0.29, 0.717) is 6.61 Å². The number of methoxy groups -OCH3 is 1. The molecule has 4 nitrogen and oxygen atoms in total. The van der Waals surface area contributed by atoms with E-state index in [-0.39, 0.29) is 6.10 Å². The molecule has 0 bridgehead atoms. The highest BCUT2D eigenvalue weighted by Gasteiger charge is 2.17. The normalized spacial score (nSPS) is 18.9. The summed E-state index contributed by atoms with van der Waals surface area (Å²) in [4.78, 5) is 0. The minimum atomic E-state index is 0.228. The van der Waals surface area contributed by atoms with Gasteiger partial charge in [0.2, 0.25) is 0 Å². The van der Waals surface area contributed by atoms with E-state index in [1.54, 1.807) is 7.11 Å². The van der Waals surface area contributed by atoms with E-state index in [0.717, 1.165) is 37.5 Å². The van der Waals surface area contributed by atoms with Crippen LogP contribution < -0.4 is 14.8 Å². The van der Waals surface area contributed by atoms with E-state index in [2.05, 4.69) is 5.32 Å². The monoisotopic (exact) mass is 251 g/mol. The Balaban J connectivity index is 1.97. The Morgan fingerprint density at radius 1 is 1.39 bits per heavy atom. The van der Waals surface area contributed by atoms with E-state index in [4.69, 9.17) is 14.2 Å². The van der Waals surface area contributed by atoms with Gasteiger partial charge in [-0.15, -0.1) is 0 Å². The van der Waals surface area contributed by atoms with Gasteiger partial charge in [0.05, 0.1) is 13.2 Å². The standard InChI is InChI=1S/C14H21NO3/c1-15-9-11-5-6-13(14(8-11)16-2)18-10-12-4-3-7-17-12/h5-6,8,12,15H,3-4,7,9-10H2,1-2H3. The van der Waals surface area contributed by atoms with Crippen molar-refractivity contribution in [2.45, 2.75) is 25.5 Å². The van der Waals surface area contributed by atoms with Crippen molar-refractivity contribution in [3.63, 3.8) is 0 Å². The van der Waals surface area contributed by atoms with Gasteiger partial charge in [0.1, 0.15) is 6.61 Å². The van der Waals surface area contributed by atoms with Crippen molar-refractivity contribution in [3.05, 3.63) is 23.8 Å². The molecule has 1 atom stereocenters. The van der Waals surface area contributed by atoms with Gasteiger partial charge < -0.3 is 19.5 Å². The fraction of sp³-hybridized carbons (Fsp3) is 0.571. The summed E-state index contributed by atoms with van der Waals surface area (Å²) in [6, 6.07) is 6.01. The summed E-state index contributed by atoms with van der Waals surface area (Å²) in [6.45, 7) is 2.27. The molecule has 1 aromatic rings. The molecule has 1 N–H and O–H groups in total. The minimum Gasteiger partial charge on any atom is -0.493 e. The van der Waals surface area contributed by atoms with Crippen molar-refractivity contribution in [1.29, 1.82) is 0 Å². The van der Waals surface area contributed by atoms with Crippen molar-refractivity contribution in [2.75, 3.05) is 27.4 Å². The predicted molar refractivity (Wildman–Crippen MR) is 70.2 cm³/mol. The average Bonchev–Trinajstić information content (AvgIpc) is 2.90. The molecule has 18 heavy (non-hydrogen) atoms. The summed E-state index contributed by atoms with van der Waals surface area (Å²) in [6.07, 6.45) is 2.44. The molecule has 2 rings (SSSR count). The van der Waals surface area contributed by atoms with Gasteiger partial charge in [-0.25, -0.2) is 0 Å². The van der Waals surface area contributed by atoms with Gasteiger partial charge in [-0.05, 0) is 37.6 Å². The van der Waals surface area contributed by atoms with Crippen LogP contribution in [0.5, 0.6) is 11.5 Å². The molecular weight excluding hydrogens is 230 g/mol. The van der Waals surface area contributed by atoms with Crippen LogP contribution in [-0.4, -0.2) is 33.5 Å². The zero-order valence-electron chi connectivity index (χ0n) is 11.1. The van der Waals surface area contributed by atoms with Crippen molar-refractivity contribution in [3.8, 4) is 11.5 Å². The molecule has 0 amide bonds. The van der Waals surface area contributed by atoms with E-state index in [9.17, 15) is 0 Å². The third kappa shape index (κ3) is 3.37. The Hall–Kier alpha value is -1.26. The summed E-state index contributed by atoms with van der Waals surface area (Å²) in [5, 5.41) is 3.12. The van der Waals surface area contributed by atoms with Crippen LogP contribution in [0.15, 0.2) is 18.2 Å². The molecule has 1 saturated heterocycles.